The molecule has 5 rings (SSSR count). The molecule has 0 aromatic rings. The summed E-state index contributed by atoms with van der Waals surface area (Å²) in [4.78, 5) is 26.1. The van der Waals surface area contributed by atoms with E-state index in [4.69, 9.17) is 0 Å². The maximum Gasteiger partial charge on any atom is 0.242 e. The summed E-state index contributed by atoms with van der Waals surface area (Å²) >= 11 is 0. The van der Waals surface area contributed by atoms with Crippen molar-refractivity contribution in [3.8, 4) is 0 Å². The van der Waals surface area contributed by atoms with Crippen molar-refractivity contribution in [2.75, 3.05) is 19.6 Å². The van der Waals surface area contributed by atoms with E-state index in [1.165, 1.54) is 38.5 Å². The molecule has 0 aromatic carbocycles. The Balaban J connectivity index is 1.28. The zero-order valence-corrected chi connectivity index (χ0v) is 13.8. The number of nitrogens with zero attached hydrogens (tertiary/aromatic N) is 1. The number of carbonyl (C=O) groups is 2. The Morgan fingerprint density at radius 1 is 1.09 bits per heavy atom. The van der Waals surface area contributed by atoms with E-state index < -0.39 is 6.10 Å². The average molecular weight is 320 g/mol. The molecule has 2 amide bonds. The van der Waals surface area contributed by atoms with Crippen molar-refractivity contribution in [2.45, 2.75) is 57.5 Å². The lowest BCUT2D eigenvalue weighted by Crippen LogP contribution is -2.48. The lowest BCUT2D eigenvalue weighted by atomic mass is 9.49. The van der Waals surface area contributed by atoms with Crippen LogP contribution in [0, 0.1) is 23.2 Å². The molecule has 0 radical (unpaired) electrons. The molecule has 0 spiro atoms. The molecule has 5 nitrogen and oxygen atoms in total. The minimum absolute atomic E-state index is 0.0417. The van der Waals surface area contributed by atoms with E-state index in [0.29, 0.717) is 25.9 Å². The molecule has 1 saturated heterocycles. The molecule has 0 unspecified atom stereocenters. The molecule has 23 heavy (non-hydrogen) atoms. The van der Waals surface area contributed by atoms with E-state index in [9.17, 15) is 14.7 Å². The first-order valence-electron chi connectivity index (χ1n) is 9.24. The van der Waals surface area contributed by atoms with Gasteiger partial charge in [-0.3, -0.25) is 9.59 Å². The van der Waals surface area contributed by atoms with Crippen LogP contribution in [-0.2, 0) is 9.59 Å². The summed E-state index contributed by atoms with van der Waals surface area (Å²) in [5.41, 5.74) is 0.228. The fourth-order valence-corrected chi connectivity index (χ4v) is 6.16. The number of rotatable bonds is 4. The van der Waals surface area contributed by atoms with Crippen molar-refractivity contribution in [1.29, 1.82) is 0 Å². The van der Waals surface area contributed by atoms with E-state index in [-0.39, 0.29) is 23.8 Å². The third-order valence-corrected chi connectivity index (χ3v) is 6.65. The van der Waals surface area contributed by atoms with E-state index in [1.54, 1.807) is 4.90 Å². The number of likely N-dealkylation sites (tertiary alicyclic amines) is 1. The smallest absolute Gasteiger partial charge is 0.242 e. The first-order valence-corrected chi connectivity index (χ1v) is 9.24. The van der Waals surface area contributed by atoms with Crippen LogP contribution in [0.5, 0.6) is 0 Å². The van der Waals surface area contributed by atoms with Gasteiger partial charge in [-0.2, -0.15) is 0 Å². The Bertz CT molecular complexity index is 469. The predicted octanol–water partition coefficient (Wildman–Crippen LogP) is 1.30. The van der Waals surface area contributed by atoms with Gasteiger partial charge in [-0.15, -0.1) is 0 Å². The first-order chi connectivity index (χ1) is 11.0. The molecule has 0 aromatic heterocycles. The predicted molar refractivity (Wildman–Crippen MR) is 85.4 cm³/mol. The van der Waals surface area contributed by atoms with Gasteiger partial charge in [0.1, 0.15) is 0 Å². The topological polar surface area (TPSA) is 69.6 Å². The third-order valence-electron chi connectivity index (χ3n) is 6.65. The Kier molecular flexibility index (Phi) is 3.87. The zero-order chi connectivity index (χ0) is 16.0. The van der Waals surface area contributed by atoms with Crippen LogP contribution in [0.2, 0.25) is 0 Å². The van der Waals surface area contributed by atoms with Crippen LogP contribution in [0.15, 0.2) is 0 Å². The van der Waals surface area contributed by atoms with Crippen LogP contribution in [0.4, 0.5) is 0 Å². The Labute approximate surface area is 137 Å². The summed E-state index contributed by atoms with van der Waals surface area (Å²) in [6.45, 7) is 1.09. The summed E-state index contributed by atoms with van der Waals surface area (Å²) in [6.07, 6.45) is 8.67. The van der Waals surface area contributed by atoms with Gasteiger partial charge in [0.05, 0.1) is 12.6 Å². The minimum atomic E-state index is -0.401. The summed E-state index contributed by atoms with van der Waals surface area (Å²) in [5, 5.41) is 12.3. The number of hydrogen-bond donors (Lipinski definition) is 2. The van der Waals surface area contributed by atoms with E-state index in [0.717, 1.165) is 17.8 Å². The highest BCUT2D eigenvalue weighted by molar-refractivity contribution is 5.85. The van der Waals surface area contributed by atoms with Crippen LogP contribution in [-0.4, -0.2) is 47.6 Å². The second-order valence-electron chi connectivity index (χ2n) is 8.65. The molecule has 5 fully saturated rings. The summed E-state index contributed by atoms with van der Waals surface area (Å²) in [6, 6.07) is 0. The summed E-state index contributed by atoms with van der Waals surface area (Å²) in [5.74, 6) is 2.52. The normalized spacial score (nSPS) is 41.3. The van der Waals surface area contributed by atoms with Gasteiger partial charge in [-0.25, -0.2) is 0 Å². The van der Waals surface area contributed by atoms with Crippen molar-refractivity contribution in [3.63, 3.8) is 0 Å². The van der Waals surface area contributed by atoms with Crippen LogP contribution < -0.4 is 5.32 Å². The fraction of sp³-hybridized carbons (Fsp3) is 0.889. The first kappa shape index (κ1) is 15.4. The highest BCUT2D eigenvalue weighted by atomic mass is 16.3. The summed E-state index contributed by atoms with van der Waals surface area (Å²) in [7, 11) is 0. The Hall–Kier alpha value is -1.10. The van der Waals surface area contributed by atoms with Crippen LogP contribution >= 0.6 is 0 Å². The molecule has 1 atom stereocenters. The number of β-amino-alcohol motifs (C(OH)–C–C–N with tert-alkyl or cyclic N) is 1. The quantitative estimate of drug-likeness (QED) is 0.820. The molecular weight excluding hydrogens is 292 g/mol. The number of nitrogens with one attached hydrogen (secondary N) is 1. The third kappa shape index (κ3) is 3.12. The second-order valence-corrected chi connectivity index (χ2v) is 8.65. The maximum atomic E-state index is 12.4. The van der Waals surface area contributed by atoms with E-state index >= 15 is 0 Å². The van der Waals surface area contributed by atoms with Gasteiger partial charge < -0.3 is 15.3 Å². The van der Waals surface area contributed by atoms with Gasteiger partial charge in [-0.05, 0) is 68.1 Å². The second kappa shape index (κ2) is 5.76. The molecule has 4 bridgehead atoms. The lowest BCUT2D eigenvalue weighted by molar-refractivity contribution is -0.135. The van der Waals surface area contributed by atoms with Crippen LogP contribution in [0.3, 0.4) is 0 Å². The van der Waals surface area contributed by atoms with Crippen molar-refractivity contribution < 1.29 is 14.7 Å². The Morgan fingerprint density at radius 2 is 1.70 bits per heavy atom. The maximum absolute atomic E-state index is 12.4. The number of hydrogen-bond acceptors (Lipinski definition) is 3. The van der Waals surface area contributed by atoms with Gasteiger partial charge in [-0.1, -0.05) is 0 Å². The molecule has 1 heterocycles. The van der Waals surface area contributed by atoms with E-state index in [2.05, 4.69) is 5.32 Å². The van der Waals surface area contributed by atoms with Gasteiger partial charge in [0, 0.05) is 19.5 Å². The molecule has 4 aliphatic carbocycles. The molecule has 5 aliphatic rings. The van der Waals surface area contributed by atoms with E-state index in [1.807, 2.05) is 0 Å². The largest absolute Gasteiger partial charge is 0.391 e. The highest BCUT2D eigenvalue weighted by Crippen LogP contribution is 2.61. The SMILES string of the molecule is O=C(CC12CC3CC(CC(C3)C1)C2)NCC(=O)N1CC[C@H](O)C1. The fourth-order valence-electron chi connectivity index (χ4n) is 6.16. The monoisotopic (exact) mass is 320 g/mol. The van der Waals surface area contributed by atoms with Gasteiger partial charge in [0.2, 0.25) is 11.8 Å². The Morgan fingerprint density at radius 3 is 2.22 bits per heavy atom. The van der Waals surface area contributed by atoms with Crippen molar-refractivity contribution in [1.82, 2.24) is 10.2 Å². The van der Waals surface area contributed by atoms with Crippen LogP contribution in [0.1, 0.15) is 51.4 Å². The lowest BCUT2D eigenvalue weighted by Gasteiger charge is -2.56. The molecule has 5 heteroatoms. The van der Waals surface area contributed by atoms with Gasteiger partial charge >= 0.3 is 0 Å². The molecule has 2 N–H and O–H groups in total. The molecular formula is C18H28N2O3. The summed E-state index contributed by atoms with van der Waals surface area (Å²) < 4.78 is 0. The number of carbonyl (C=O) groups excluding carboxylic acids is 2. The molecule has 4 saturated carbocycles. The number of aliphatic hydroxyl groups is 1. The highest BCUT2D eigenvalue weighted by Gasteiger charge is 2.51. The van der Waals surface area contributed by atoms with Crippen LogP contribution in [0.25, 0.3) is 0 Å². The van der Waals surface area contributed by atoms with Gasteiger partial charge in [0.25, 0.3) is 0 Å². The standard InChI is InChI=1S/C18H28N2O3/c21-15-1-2-20(11-15)17(23)10-19-16(22)9-18-6-12-3-13(7-18)5-14(4-12)8-18/h12-15,21H,1-11H2,(H,19,22)/t12?,13?,14?,15-,18?/m0/s1. The van der Waals surface area contributed by atoms with Crippen molar-refractivity contribution in [2.24, 2.45) is 23.2 Å². The van der Waals surface area contributed by atoms with Crippen molar-refractivity contribution >= 4 is 11.8 Å². The number of amides is 2. The molecule has 128 valence electrons. The average Bonchev–Trinajstić information content (AvgIpc) is 2.89. The van der Waals surface area contributed by atoms with Crippen molar-refractivity contribution in [3.05, 3.63) is 0 Å². The van der Waals surface area contributed by atoms with Gasteiger partial charge in [0.15, 0.2) is 0 Å². The number of aliphatic hydroxyl groups excluding tert-OH is 1. The minimum Gasteiger partial charge on any atom is -0.391 e. The zero-order valence-electron chi connectivity index (χ0n) is 13.8. The molecule has 1 aliphatic heterocycles.